The molecule has 1 saturated heterocycles. The lowest BCUT2D eigenvalue weighted by atomic mass is 10.1. The molecule has 1 fully saturated rings. The van der Waals surface area contributed by atoms with Crippen molar-refractivity contribution < 1.29 is 19.0 Å². The molecule has 2 unspecified atom stereocenters. The summed E-state index contributed by atoms with van der Waals surface area (Å²) in [6, 6.07) is 1.24. The molecule has 0 radical (unpaired) electrons. The van der Waals surface area contributed by atoms with Crippen LogP contribution < -0.4 is 11.2 Å². The normalized spacial score (nSPS) is 27.6. The maximum Gasteiger partial charge on any atom is 0.330 e. The maximum absolute atomic E-state index is 12.1. The van der Waals surface area contributed by atoms with Gasteiger partial charge in [-0.2, -0.15) is 0 Å². The number of aliphatic hydroxyl groups excluding tert-OH is 1. The first kappa shape index (κ1) is 20.1. The molecule has 0 spiro atoms. The van der Waals surface area contributed by atoms with E-state index in [2.05, 4.69) is 38.8 Å². The van der Waals surface area contributed by atoms with Crippen molar-refractivity contribution in [2.24, 2.45) is 0 Å². The number of nitrogens with one attached hydrogen (secondary N) is 1. The SMILES string of the molecule is COC1C(O[Si](C)(C)C(C)(C)C)[C@@H](CO)O[C@H]1n1ccc(=O)[nH]c1=O. The number of aromatic amines is 1. The number of aliphatic hydroxyl groups is 1. The first-order valence-corrected chi connectivity index (χ1v) is 11.2. The Hall–Kier alpha value is -1.26. The van der Waals surface area contributed by atoms with Crippen LogP contribution >= 0.6 is 0 Å². The summed E-state index contributed by atoms with van der Waals surface area (Å²) in [5.41, 5.74) is -1.08. The second-order valence-electron chi connectivity index (χ2n) is 7.81. The number of nitrogens with zero attached hydrogens (tertiary/aromatic N) is 1. The van der Waals surface area contributed by atoms with Gasteiger partial charge in [-0.3, -0.25) is 14.3 Å². The summed E-state index contributed by atoms with van der Waals surface area (Å²) in [5.74, 6) is 0. The molecule has 1 aromatic heterocycles. The smallest absolute Gasteiger partial charge is 0.330 e. The first-order chi connectivity index (χ1) is 11.5. The van der Waals surface area contributed by atoms with Gasteiger partial charge in [-0.15, -0.1) is 0 Å². The topological polar surface area (TPSA) is 103 Å². The van der Waals surface area contributed by atoms with Gasteiger partial charge in [-0.05, 0) is 18.1 Å². The molecule has 0 amide bonds. The highest BCUT2D eigenvalue weighted by atomic mass is 28.4. The molecule has 4 atom stereocenters. The number of hydrogen-bond donors (Lipinski definition) is 2. The van der Waals surface area contributed by atoms with E-state index in [4.69, 9.17) is 13.9 Å². The highest BCUT2D eigenvalue weighted by Gasteiger charge is 2.51. The van der Waals surface area contributed by atoms with E-state index in [1.807, 2.05) is 0 Å². The van der Waals surface area contributed by atoms with E-state index in [1.54, 1.807) is 0 Å². The van der Waals surface area contributed by atoms with Crippen LogP contribution in [0.15, 0.2) is 21.9 Å². The Morgan fingerprint density at radius 2 is 1.96 bits per heavy atom. The molecule has 9 heteroatoms. The van der Waals surface area contributed by atoms with Gasteiger partial charge in [-0.1, -0.05) is 20.8 Å². The van der Waals surface area contributed by atoms with E-state index in [0.29, 0.717) is 0 Å². The van der Waals surface area contributed by atoms with Crippen molar-refractivity contribution in [3.05, 3.63) is 33.1 Å². The van der Waals surface area contributed by atoms with Crippen LogP contribution in [0.4, 0.5) is 0 Å². The molecule has 2 N–H and O–H groups in total. The highest BCUT2D eigenvalue weighted by Crippen LogP contribution is 2.41. The van der Waals surface area contributed by atoms with Crippen molar-refractivity contribution in [2.45, 2.75) is 63.4 Å². The van der Waals surface area contributed by atoms with Crippen LogP contribution in [0.1, 0.15) is 27.0 Å². The molecule has 2 rings (SSSR count). The molecule has 0 bridgehead atoms. The number of hydrogen-bond acceptors (Lipinski definition) is 6. The third-order valence-electron chi connectivity index (χ3n) is 5.10. The Morgan fingerprint density at radius 3 is 2.44 bits per heavy atom. The zero-order valence-corrected chi connectivity index (χ0v) is 16.6. The summed E-state index contributed by atoms with van der Waals surface area (Å²) in [6.07, 6.45) is -1.15. The van der Waals surface area contributed by atoms with Crippen molar-refractivity contribution in [3.8, 4) is 0 Å². The van der Waals surface area contributed by atoms with Crippen LogP contribution in [0.3, 0.4) is 0 Å². The Labute approximate surface area is 147 Å². The minimum Gasteiger partial charge on any atom is -0.408 e. The third-order valence-corrected chi connectivity index (χ3v) is 9.57. The molecule has 1 aliphatic heterocycles. The number of rotatable bonds is 5. The first-order valence-electron chi connectivity index (χ1n) is 8.30. The molecule has 1 aromatic rings. The van der Waals surface area contributed by atoms with Gasteiger partial charge in [0.15, 0.2) is 14.5 Å². The van der Waals surface area contributed by atoms with Gasteiger partial charge in [0.25, 0.3) is 5.56 Å². The van der Waals surface area contributed by atoms with Crippen molar-refractivity contribution in [1.82, 2.24) is 9.55 Å². The molecule has 142 valence electrons. The van der Waals surface area contributed by atoms with E-state index in [9.17, 15) is 14.7 Å². The van der Waals surface area contributed by atoms with Gasteiger partial charge in [0.05, 0.1) is 6.61 Å². The number of H-pyrrole nitrogens is 1. The van der Waals surface area contributed by atoms with Crippen molar-refractivity contribution in [1.29, 1.82) is 0 Å². The summed E-state index contributed by atoms with van der Waals surface area (Å²) >= 11 is 0. The van der Waals surface area contributed by atoms with Gasteiger partial charge in [0.1, 0.15) is 18.3 Å². The molecule has 0 aromatic carbocycles. The minimum absolute atomic E-state index is 0.0296. The average molecular weight is 372 g/mol. The van der Waals surface area contributed by atoms with Crippen molar-refractivity contribution in [2.75, 3.05) is 13.7 Å². The molecule has 0 saturated carbocycles. The van der Waals surface area contributed by atoms with E-state index in [1.165, 1.54) is 23.9 Å². The van der Waals surface area contributed by atoms with Crippen LogP contribution in [0, 0.1) is 0 Å². The molecule has 8 nitrogen and oxygen atoms in total. The molecule has 1 aliphatic rings. The Bertz CT molecular complexity index is 708. The zero-order chi connectivity index (χ0) is 19.0. The van der Waals surface area contributed by atoms with E-state index in [-0.39, 0.29) is 11.6 Å². The van der Waals surface area contributed by atoms with Crippen LogP contribution in [0.2, 0.25) is 18.1 Å². The molecule has 2 heterocycles. The van der Waals surface area contributed by atoms with Gasteiger partial charge >= 0.3 is 5.69 Å². The van der Waals surface area contributed by atoms with Crippen LogP contribution in [0.25, 0.3) is 0 Å². The second kappa shape index (κ2) is 7.16. The zero-order valence-electron chi connectivity index (χ0n) is 15.6. The predicted molar refractivity (Wildman–Crippen MR) is 95.2 cm³/mol. The van der Waals surface area contributed by atoms with Crippen molar-refractivity contribution >= 4 is 8.32 Å². The molecular formula is C16H28N2O6Si. The summed E-state index contributed by atoms with van der Waals surface area (Å²) in [4.78, 5) is 25.6. The minimum atomic E-state index is -2.16. The molecule has 0 aliphatic carbocycles. The monoisotopic (exact) mass is 372 g/mol. The number of aromatic nitrogens is 2. The van der Waals surface area contributed by atoms with Gasteiger partial charge in [0.2, 0.25) is 0 Å². The van der Waals surface area contributed by atoms with Crippen molar-refractivity contribution in [3.63, 3.8) is 0 Å². The fraction of sp³-hybridized carbons (Fsp3) is 0.750. The number of methoxy groups -OCH3 is 1. The second-order valence-corrected chi connectivity index (χ2v) is 12.6. The van der Waals surface area contributed by atoms with E-state index < -0.39 is 44.1 Å². The summed E-state index contributed by atoms with van der Waals surface area (Å²) in [6.45, 7) is 10.3. The lowest BCUT2D eigenvalue weighted by Gasteiger charge is -2.40. The Kier molecular flexibility index (Phi) is 5.74. The molecular weight excluding hydrogens is 344 g/mol. The molecule has 25 heavy (non-hydrogen) atoms. The van der Waals surface area contributed by atoms with E-state index in [0.717, 1.165) is 0 Å². The Balaban J connectivity index is 2.38. The average Bonchev–Trinajstić information content (AvgIpc) is 2.82. The number of ether oxygens (including phenoxy) is 2. The maximum atomic E-state index is 12.1. The van der Waals surface area contributed by atoms with Crippen LogP contribution in [-0.2, 0) is 13.9 Å². The fourth-order valence-corrected chi connectivity index (χ4v) is 3.94. The third kappa shape index (κ3) is 3.95. The quantitative estimate of drug-likeness (QED) is 0.742. The van der Waals surface area contributed by atoms with Crippen LogP contribution in [-0.4, -0.2) is 55.0 Å². The fourth-order valence-electron chi connectivity index (χ4n) is 2.62. The van der Waals surface area contributed by atoms with Gasteiger partial charge in [0, 0.05) is 19.4 Å². The summed E-state index contributed by atoms with van der Waals surface area (Å²) in [5, 5.41) is 9.71. The Morgan fingerprint density at radius 1 is 1.32 bits per heavy atom. The summed E-state index contributed by atoms with van der Waals surface area (Å²) < 4.78 is 19.1. The largest absolute Gasteiger partial charge is 0.408 e. The predicted octanol–water partition coefficient (Wildman–Crippen LogP) is 0.832. The van der Waals surface area contributed by atoms with Crippen LogP contribution in [0.5, 0.6) is 0 Å². The lowest BCUT2D eigenvalue weighted by Crippen LogP contribution is -2.50. The van der Waals surface area contributed by atoms with E-state index >= 15 is 0 Å². The highest BCUT2D eigenvalue weighted by molar-refractivity contribution is 6.74. The lowest BCUT2D eigenvalue weighted by molar-refractivity contribution is -0.0625. The standard InChI is InChI=1S/C16H28N2O6Si/c1-16(2,3)25(5,6)24-12-10(9-19)23-14(13(12)22-4)18-8-7-11(20)17-15(18)21/h7-8,10,12-14,19H,9H2,1-6H3,(H,17,20,21)/t10-,12?,13?,14-/m1/s1. The summed E-state index contributed by atoms with van der Waals surface area (Å²) in [7, 11) is -0.642. The van der Waals surface area contributed by atoms with Gasteiger partial charge < -0.3 is 19.0 Å². The van der Waals surface area contributed by atoms with Gasteiger partial charge in [-0.25, -0.2) is 4.79 Å².